The molecule has 0 saturated carbocycles. The average Bonchev–Trinajstić information content (AvgIpc) is 2.32. The standard InChI is InChI=1S/C19H38N2/c1-18(2,3)15-17-7-12-20(13-8-17)14-9-19(4,5)16-21-10-6-11-21/h17H,6-16H2,1-5H3. The first kappa shape index (κ1) is 17.3. The van der Waals surface area contributed by atoms with Crippen molar-refractivity contribution < 1.29 is 0 Å². The zero-order valence-electron chi connectivity index (χ0n) is 15.2. The van der Waals surface area contributed by atoms with Gasteiger partial charge in [0.2, 0.25) is 0 Å². The van der Waals surface area contributed by atoms with E-state index in [0.717, 1.165) is 5.92 Å². The van der Waals surface area contributed by atoms with Crippen LogP contribution in [0.15, 0.2) is 0 Å². The van der Waals surface area contributed by atoms with E-state index in [1.54, 1.807) is 0 Å². The third-order valence-electron chi connectivity index (χ3n) is 5.31. The Morgan fingerprint density at radius 1 is 0.857 bits per heavy atom. The Bertz CT molecular complexity index is 304. The summed E-state index contributed by atoms with van der Waals surface area (Å²) in [5.74, 6) is 0.968. The maximum Gasteiger partial charge on any atom is 0.00332 e. The van der Waals surface area contributed by atoms with Gasteiger partial charge in [-0.15, -0.1) is 0 Å². The number of rotatable bonds is 6. The number of hydrogen-bond acceptors (Lipinski definition) is 2. The van der Waals surface area contributed by atoms with Gasteiger partial charge < -0.3 is 9.80 Å². The Morgan fingerprint density at radius 2 is 1.48 bits per heavy atom. The van der Waals surface area contributed by atoms with Gasteiger partial charge in [-0.3, -0.25) is 0 Å². The minimum atomic E-state index is 0.489. The number of nitrogens with zero attached hydrogens (tertiary/aromatic N) is 2. The zero-order valence-corrected chi connectivity index (χ0v) is 15.2. The molecular formula is C19H38N2. The molecule has 0 N–H and O–H groups in total. The lowest BCUT2D eigenvalue weighted by Gasteiger charge is -2.40. The summed E-state index contributed by atoms with van der Waals surface area (Å²) in [7, 11) is 0. The zero-order chi connectivity index (χ0) is 15.5. The molecule has 0 aromatic carbocycles. The first-order chi connectivity index (χ1) is 9.73. The molecule has 2 heteroatoms. The predicted octanol–water partition coefficient (Wildman–Crippen LogP) is 4.26. The fourth-order valence-electron chi connectivity index (χ4n) is 3.97. The molecule has 0 unspecified atom stereocenters. The summed E-state index contributed by atoms with van der Waals surface area (Å²) in [6.07, 6.45) is 7.01. The summed E-state index contributed by atoms with van der Waals surface area (Å²) in [5, 5.41) is 0. The Labute approximate surface area is 133 Å². The van der Waals surface area contributed by atoms with Gasteiger partial charge in [0, 0.05) is 6.54 Å². The van der Waals surface area contributed by atoms with Gasteiger partial charge in [-0.25, -0.2) is 0 Å². The van der Waals surface area contributed by atoms with E-state index < -0.39 is 0 Å². The lowest BCUT2D eigenvalue weighted by Crippen LogP contribution is -2.44. The van der Waals surface area contributed by atoms with Gasteiger partial charge in [-0.2, -0.15) is 0 Å². The van der Waals surface area contributed by atoms with Crippen LogP contribution in [0.1, 0.15) is 66.7 Å². The minimum Gasteiger partial charge on any atom is -0.303 e. The van der Waals surface area contributed by atoms with E-state index in [0.29, 0.717) is 10.8 Å². The summed E-state index contributed by atoms with van der Waals surface area (Å²) in [5.41, 5.74) is 0.995. The molecule has 0 bridgehead atoms. The van der Waals surface area contributed by atoms with Crippen molar-refractivity contribution in [1.29, 1.82) is 0 Å². The average molecular weight is 295 g/mol. The van der Waals surface area contributed by atoms with Crippen molar-refractivity contribution in [3.63, 3.8) is 0 Å². The predicted molar refractivity (Wildman–Crippen MR) is 92.7 cm³/mol. The molecular weight excluding hydrogens is 256 g/mol. The summed E-state index contributed by atoms with van der Waals surface area (Å²) >= 11 is 0. The molecule has 0 spiro atoms. The molecule has 0 atom stereocenters. The normalized spacial score (nSPS) is 23.3. The Balaban J connectivity index is 1.64. The highest BCUT2D eigenvalue weighted by Gasteiger charge is 2.27. The molecule has 2 aliphatic rings. The third kappa shape index (κ3) is 6.28. The quantitative estimate of drug-likeness (QED) is 0.722. The van der Waals surface area contributed by atoms with E-state index in [9.17, 15) is 0 Å². The molecule has 2 fully saturated rings. The van der Waals surface area contributed by atoms with Crippen molar-refractivity contribution in [2.45, 2.75) is 66.7 Å². The maximum absolute atomic E-state index is 2.72. The Hall–Kier alpha value is -0.0800. The summed E-state index contributed by atoms with van der Waals surface area (Å²) in [4.78, 5) is 5.34. The number of hydrogen-bond donors (Lipinski definition) is 0. The largest absolute Gasteiger partial charge is 0.303 e. The van der Waals surface area contributed by atoms with Crippen LogP contribution in [0.5, 0.6) is 0 Å². The van der Waals surface area contributed by atoms with Crippen LogP contribution < -0.4 is 0 Å². The first-order valence-corrected chi connectivity index (χ1v) is 9.18. The van der Waals surface area contributed by atoms with Gasteiger partial charge in [0.05, 0.1) is 0 Å². The van der Waals surface area contributed by atoms with Crippen LogP contribution >= 0.6 is 0 Å². The lowest BCUT2D eigenvalue weighted by atomic mass is 9.80. The third-order valence-corrected chi connectivity index (χ3v) is 5.31. The second-order valence-corrected chi connectivity index (χ2v) is 9.59. The SMILES string of the molecule is CC(C)(C)CC1CCN(CCC(C)(C)CN2CCC2)CC1. The fraction of sp³-hybridized carbons (Fsp3) is 1.00. The minimum absolute atomic E-state index is 0.489. The molecule has 0 aliphatic carbocycles. The fourth-order valence-corrected chi connectivity index (χ4v) is 3.97. The van der Waals surface area contributed by atoms with E-state index in [1.807, 2.05) is 0 Å². The first-order valence-electron chi connectivity index (χ1n) is 9.18. The topological polar surface area (TPSA) is 6.48 Å². The maximum atomic E-state index is 2.72. The van der Waals surface area contributed by atoms with Gasteiger partial charge in [-0.05, 0) is 81.6 Å². The van der Waals surface area contributed by atoms with Crippen molar-refractivity contribution in [1.82, 2.24) is 9.80 Å². The van der Waals surface area contributed by atoms with E-state index in [2.05, 4.69) is 44.4 Å². The van der Waals surface area contributed by atoms with Crippen molar-refractivity contribution in [2.24, 2.45) is 16.7 Å². The Kier molecular flexibility index (Phi) is 5.76. The monoisotopic (exact) mass is 294 g/mol. The van der Waals surface area contributed by atoms with Crippen molar-refractivity contribution in [3.8, 4) is 0 Å². The Morgan fingerprint density at radius 3 is 1.95 bits per heavy atom. The van der Waals surface area contributed by atoms with E-state index in [1.165, 1.54) is 71.4 Å². The molecule has 0 radical (unpaired) electrons. The van der Waals surface area contributed by atoms with E-state index in [4.69, 9.17) is 0 Å². The van der Waals surface area contributed by atoms with Gasteiger partial charge in [0.25, 0.3) is 0 Å². The van der Waals surface area contributed by atoms with Crippen molar-refractivity contribution in [2.75, 3.05) is 39.3 Å². The summed E-state index contributed by atoms with van der Waals surface area (Å²) in [6, 6.07) is 0. The molecule has 2 aliphatic heterocycles. The van der Waals surface area contributed by atoms with Gasteiger partial charge in [-0.1, -0.05) is 34.6 Å². The number of piperidine rings is 1. The molecule has 0 aromatic rings. The molecule has 0 aromatic heterocycles. The summed E-state index contributed by atoms with van der Waals surface area (Å²) in [6.45, 7) is 20.0. The van der Waals surface area contributed by atoms with E-state index >= 15 is 0 Å². The van der Waals surface area contributed by atoms with Gasteiger partial charge in [0.1, 0.15) is 0 Å². The van der Waals surface area contributed by atoms with Crippen LogP contribution in [0.4, 0.5) is 0 Å². The highest BCUT2D eigenvalue weighted by Crippen LogP contribution is 2.31. The van der Waals surface area contributed by atoms with Crippen LogP contribution in [0.3, 0.4) is 0 Å². The van der Waals surface area contributed by atoms with Crippen LogP contribution in [-0.2, 0) is 0 Å². The highest BCUT2D eigenvalue weighted by molar-refractivity contribution is 4.81. The van der Waals surface area contributed by atoms with Crippen LogP contribution in [0.25, 0.3) is 0 Å². The molecule has 2 heterocycles. The lowest BCUT2D eigenvalue weighted by molar-refractivity contribution is 0.0907. The van der Waals surface area contributed by atoms with Gasteiger partial charge >= 0.3 is 0 Å². The second-order valence-electron chi connectivity index (χ2n) is 9.59. The van der Waals surface area contributed by atoms with Gasteiger partial charge in [0.15, 0.2) is 0 Å². The molecule has 2 saturated heterocycles. The molecule has 2 rings (SSSR count). The molecule has 2 nitrogen and oxygen atoms in total. The summed E-state index contributed by atoms with van der Waals surface area (Å²) < 4.78 is 0. The number of likely N-dealkylation sites (tertiary alicyclic amines) is 2. The van der Waals surface area contributed by atoms with Crippen LogP contribution in [-0.4, -0.2) is 49.1 Å². The van der Waals surface area contributed by atoms with Crippen LogP contribution in [0.2, 0.25) is 0 Å². The second kappa shape index (κ2) is 7.00. The molecule has 0 amide bonds. The van der Waals surface area contributed by atoms with Crippen molar-refractivity contribution in [3.05, 3.63) is 0 Å². The molecule has 21 heavy (non-hydrogen) atoms. The van der Waals surface area contributed by atoms with E-state index in [-0.39, 0.29) is 0 Å². The van der Waals surface area contributed by atoms with Crippen LogP contribution in [0, 0.1) is 16.7 Å². The molecule has 124 valence electrons. The van der Waals surface area contributed by atoms with Crippen molar-refractivity contribution >= 4 is 0 Å². The highest BCUT2D eigenvalue weighted by atomic mass is 15.2. The smallest absolute Gasteiger partial charge is 0.00332 e.